The molecule has 2 aliphatic carbocycles. The lowest BCUT2D eigenvalue weighted by Crippen LogP contribution is -2.64. The van der Waals surface area contributed by atoms with Crippen molar-refractivity contribution in [3.8, 4) is 0 Å². The molecule has 0 radical (unpaired) electrons. The molecule has 76 valence electrons. The molecule has 2 fully saturated rings. The zero-order chi connectivity index (χ0) is 9.64. The number of aliphatic hydroxyl groups is 1. The van der Waals surface area contributed by atoms with E-state index in [2.05, 4.69) is 19.2 Å². The van der Waals surface area contributed by atoms with Crippen molar-refractivity contribution in [2.45, 2.75) is 57.3 Å². The van der Waals surface area contributed by atoms with Gasteiger partial charge in [0.15, 0.2) is 0 Å². The molecule has 0 spiro atoms. The van der Waals surface area contributed by atoms with Crippen LogP contribution >= 0.6 is 0 Å². The highest BCUT2D eigenvalue weighted by atomic mass is 16.3. The van der Waals surface area contributed by atoms with Crippen LogP contribution in [0.25, 0.3) is 0 Å². The van der Waals surface area contributed by atoms with Gasteiger partial charge in [0.2, 0.25) is 0 Å². The van der Waals surface area contributed by atoms with Gasteiger partial charge in [-0.25, -0.2) is 0 Å². The summed E-state index contributed by atoms with van der Waals surface area (Å²) in [5.41, 5.74) is 5.76. The molecule has 0 aromatic carbocycles. The van der Waals surface area contributed by atoms with Gasteiger partial charge in [0.1, 0.15) is 0 Å². The van der Waals surface area contributed by atoms with E-state index in [4.69, 9.17) is 5.73 Å². The molecule has 13 heavy (non-hydrogen) atoms. The second kappa shape index (κ2) is 2.94. The predicted molar refractivity (Wildman–Crippen MR) is 52.3 cm³/mol. The molecule has 3 nitrogen and oxygen atoms in total. The number of rotatable bonds is 2. The summed E-state index contributed by atoms with van der Waals surface area (Å²) in [5, 5.41) is 13.1. The Hall–Kier alpha value is -0.120. The summed E-state index contributed by atoms with van der Waals surface area (Å²) in [5.74, 6) is 0. The molecular formula is C10H20N2O. The lowest BCUT2D eigenvalue weighted by atomic mass is 9.64. The molecule has 0 saturated heterocycles. The summed E-state index contributed by atoms with van der Waals surface area (Å²) < 4.78 is 0. The number of hydrogen-bond acceptors (Lipinski definition) is 3. The van der Waals surface area contributed by atoms with E-state index in [9.17, 15) is 5.11 Å². The number of aliphatic hydroxyl groups excluding tert-OH is 1. The van der Waals surface area contributed by atoms with Gasteiger partial charge in [-0.05, 0) is 19.3 Å². The summed E-state index contributed by atoms with van der Waals surface area (Å²) in [6, 6.07) is 1.50. The van der Waals surface area contributed by atoms with Crippen molar-refractivity contribution in [2.24, 2.45) is 11.1 Å². The Labute approximate surface area is 79.7 Å². The van der Waals surface area contributed by atoms with Gasteiger partial charge in [-0.1, -0.05) is 13.8 Å². The number of nitrogens with two attached hydrogens (primary N) is 1. The van der Waals surface area contributed by atoms with Crippen LogP contribution in [-0.2, 0) is 0 Å². The standard InChI is InChI=1S/C10H20N2O/c1-10(2)8(5-9(10)13)12-7-3-6(11)4-7/h6-9,12-13H,3-5,11H2,1-2H3. The summed E-state index contributed by atoms with van der Waals surface area (Å²) in [6.45, 7) is 4.24. The van der Waals surface area contributed by atoms with Crippen LogP contribution in [0.4, 0.5) is 0 Å². The van der Waals surface area contributed by atoms with E-state index in [-0.39, 0.29) is 11.5 Å². The van der Waals surface area contributed by atoms with Gasteiger partial charge < -0.3 is 16.2 Å². The fourth-order valence-corrected chi connectivity index (χ4v) is 2.27. The Bertz CT molecular complexity index is 199. The molecule has 0 aromatic heterocycles. The first-order valence-corrected chi connectivity index (χ1v) is 5.20. The normalized spacial score (nSPS) is 48.0. The van der Waals surface area contributed by atoms with E-state index in [1.807, 2.05) is 0 Å². The van der Waals surface area contributed by atoms with Crippen molar-refractivity contribution in [3.63, 3.8) is 0 Å². The Morgan fingerprint density at radius 2 is 1.92 bits per heavy atom. The fraction of sp³-hybridized carbons (Fsp3) is 1.00. The van der Waals surface area contributed by atoms with Gasteiger partial charge >= 0.3 is 0 Å². The van der Waals surface area contributed by atoms with Crippen LogP contribution in [0.2, 0.25) is 0 Å². The highest BCUT2D eigenvalue weighted by Crippen LogP contribution is 2.41. The Kier molecular flexibility index (Phi) is 2.13. The van der Waals surface area contributed by atoms with E-state index in [0.29, 0.717) is 18.1 Å². The summed E-state index contributed by atoms with van der Waals surface area (Å²) in [4.78, 5) is 0. The highest BCUT2D eigenvalue weighted by Gasteiger charge is 2.48. The molecule has 2 aliphatic rings. The quantitative estimate of drug-likeness (QED) is 0.575. The average Bonchev–Trinajstić information content (AvgIpc) is 2.00. The van der Waals surface area contributed by atoms with Crippen LogP contribution in [0.3, 0.4) is 0 Å². The van der Waals surface area contributed by atoms with E-state index in [1.54, 1.807) is 0 Å². The molecule has 2 saturated carbocycles. The maximum atomic E-state index is 9.54. The second-order valence-corrected chi connectivity index (χ2v) is 5.22. The molecular weight excluding hydrogens is 164 g/mol. The van der Waals surface area contributed by atoms with Crippen LogP contribution < -0.4 is 11.1 Å². The molecule has 0 aromatic rings. The van der Waals surface area contributed by atoms with Gasteiger partial charge in [-0.15, -0.1) is 0 Å². The molecule has 0 heterocycles. The van der Waals surface area contributed by atoms with Crippen molar-refractivity contribution in [2.75, 3.05) is 0 Å². The predicted octanol–water partition coefficient (Wildman–Crippen LogP) is 0.225. The highest BCUT2D eigenvalue weighted by molar-refractivity contribution is 5.04. The molecule has 0 aliphatic heterocycles. The topological polar surface area (TPSA) is 58.3 Å². The largest absolute Gasteiger partial charge is 0.392 e. The minimum atomic E-state index is -0.126. The molecule has 0 amide bonds. The first-order valence-electron chi connectivity index (χ1n) is 5.20. The van der Waals surface area contributed by atoms with Gasteiger partial charge in [0.25, 0.3) is 0 Å². The van der Waals surface area contributed by atoms with Gasteiger partial charge in [-0.3, -0.25) is 0 Å². The smallest absolute Gasteiger partial charge is 0.0621 e. The van der Waals surface area contributed by atoms with E-state index < -0.39 is 0 Å². The first kappa shape index (κ1) is 9.44. The SMILES string of the molecule is CC1(C)C(O)CC1NC1CC(N)C1. The summed E-state index contributed by atoms with van der Waals surface area (Å²) in [6.07, 6.45) is 2.98. The van der Waals surface area contributed by atoms with E-state index >= 15 is 0 Å². The minimum Gasteiger partial charge on any atom is -0.392 e. The van der Waals surface area contributed by atoms with Crippen LogP contribution in [0.15, 0.2) is 0 Å². The molecule has 2 atom stereocenters. The average molecular weight is 184 g/mol. The van der Waals surface area contributed by atoms with Crippen LogP contribution in [0.5, 0.6) is 0 Å². The molecule has 2 rings (SSSR count). The third kappa shape index (κ3) is 1.49. The van der Waals surface area contributed by atoms with Crippen molar-refractivity contribution in [1.82, 2.24) is 5.32 Å². The van der Waals surface area contributed by atoms with E-state index in [0.717, 1.165) is 19.3 Å². The van der Waals surface area contributed by atoms with Gasteiger partial charge in [-0.2, -0.15) is 0 Å². The Balaban J connectivity index is 1.78. The zero-order valence-corrected chi connectivity index (χ0v) is 8.46. The first-order chi connectivity index (χ1) is 6.00. The Morgan fingerprint density at radius 1 is 1.31 bits per heavy atom. The third-order valence-electron chi connectivity index (χ3n) is 3.83. The number of hydrogen-bond donors (Lipinski definition) is 3. The monoisotopic (exact) mass is 184 g/mol. The maximum Gasteiger partial charge on any atom is 0.0621 e. The van der Waals surface area contributed by atoms with Crippen molar-refractivity contribution >= 4 is 0 Å². The molecule has 2 unspecified atom stereocenters. The van der Waals surface area contributed by atoms with Crippen molar-refractivity contribution in [3.05, 3.63) is 0 Å². The van der Waals surface area contributed by atoms with Crippen LogP contribution in [0.1, 0.15) is 33.1 Å². The number of nitrogens with one attached hydrogen (secondary N) is 1. The van der Waals surface area contributed by atoms with E-state index in [1.165, 1.54) is 0 Å². The van der Waals surface area contributed by atoms with Crippen LogP contribution in [-0.4, -0.2) is 29.3 Å². The fourth-order valence-electron chi connectivity index (χ4n) is 2.27. The lowest BCUT2D eigenvalue weighted by molar-refractivity contribution is -0.0792. The maximum absolute atomic E-state index is 9.54. The summed E-state index contributed by atoms with van der Waals surface area (Å²) in [7, 11) is 0. The van der Waals surface area contributed by atoms with Gasteiger partial charge in [0.05, 0.1) is 6.10 Å². The van der Waals surface area contributed by atoms with Gasteiger partial charge in [0, 0.05) is 23.5 Å². The molecule has 3 heteroatoms. The third-order valence-corrected chi connectivity index (χ3v) is 3.83. The van der Waals surface area contributed by atoms with Crippen molar-refractivity contribution < 1.29 is 5.11 Å². The molecule has 4 N–H and O–H groups in total. The molecule has 0 bridgehead atoms. The minimum absolute atomic E-state index is 0.0552. The lowest BCUT2D eigenvalue weighted by Gasteiger charge is -2.52. The Morgan fingerprint density at radius 3 is 2.31 bits per heavy atom. The van der Waals surface area contributed by atoms with Crippen LogP contribution in [0, 0.1) is 5.41 Å². The van der Waals surface area contributed by atoms with Crippen molar-refractivity contribution in [1.29, 1.82) is 0 Å². The second-order valence-electron chi connectivity index (χ2n) is 5.22. The zero-order valence-electron chi connectivity index (χ0n) is 8.46. The summed E-state index contributed by atoms with van der Waals surface area (Å²) >= 11 is 0.